The smallest absolute Gasteiger partial charge is 0.408 e. The predicted octanol–water partition coefficient (Wildman–Crippen LogP) is 2.71. The van der Waals surface area contributed by atoms with Crippen LogP contribution in [0.4, 0.5) is 5.69 Å². The number of aromatic amines is 1. The zero-order valence-electron chi connectivity index (χ0n) is 15.4. The molecule has 1 N–H and O–H groups in total. The minimum absolute atomic E-state index is 0.214. The number of aryl methyl sites for hydroxylation is 2. The van der Waals surface area contributed by atoms with E-state index in [1.807, 2.05) is 29.2 Å². The van der Waals surface area contributed by atoms with Crippen molar-refractivity contribution in [1.29, 1.82) is 0 Å². The molecule has 4 rings (SSSR count). The maximum absolute atomic E-state index is 12.5. The molecule has 2 heterocycles. The molecular formula is C21H23N3O3. The average molecular weight is 365 g/mol. The zero-order chi connectivity index (χ0) is 18.8. The van der Waals surface area contributed by atoms with Crippen molar-refractivity contribution in [3.05, 3.63) is 64.1 Å². The second kappa shape index (κ2) is 7.31. The van der Waals surface area contributed by atoms with E-state index in [0.29, 0.717) is 30.6 Å². The van der Waals surface area contributed by atoms with Gasteiger partial charge in [0.25, 0.3) is 0 Å². The highest BCUT2D eigenvalue weighted by Gasteiger charge is 2.21. The predicted molar refractivity (Wildman–Crippen MR) is 105 cm³/mol. The summed E-state index contributed by atoms with van der Waals surface area (Å²) in [4.78, 5) is 30.7. The van der Waals surface area contributed by atoms with Crippen molar-refractivity contribution >= 4 is 22.7 Å². The molecule has 0 aliphatic carbocycles. The van der Waals surface area contributed by atoms with Gasteiger partial charge in [-0.2, -0.15) is 0 Å². The Morgan fingerprint density at radius 3 is 2.70 bits per heavy atom. The first-order chi connectivity index (χ1) is 13.1. The average Bonchev–Trinajstić information content (AvgIpc) is 3.05. The number of anilines is 1. The fourth-order valence-electron chi connectivity index (χ4n) is 3.63. The zero-order valence-corrected chi connectivity index (χ0v) is 15.4. The van der Waals surface area contributed by atoms with Crippen LogP contribution in [-0.2, 0) is 11.2 Å². The van der Waals surface area contributed by atoms with Crippen molar-refractivity contribution in [1.82, 2.24) is 9.88 Å². The molecule has 27 heavy (non-hydrogen) atoms. The van der Waals surface area contributed by atoms with Gasteiger partial charge in [0.2, 0.25) is 5.91 Å². The molecule has 0 radical (unpaired) electrons. The molecule has 140 valence electrons. The highest BCUT2D eigenvalue weighted by Crippen LogP contribution is 2.21. The summed E-state index contributed by atoms with van der Waals surface area (Å²) < 4.78 is 5.05. The molecule has 1 saturated heterocycles. The van der Waals surface area contributed by atoms with Crippen LogP contribution in [0.3, 0.4) is 0 Å². The first-order valence-corrected chi connectivity index (χ1v) is 9.30. The van der Waals surface area contributed by atoms with Crippen LogP contribution >= 0.6 is 0 Å². The molecule has 1 aromatic heterocycles. The number of aromatic nitrogens is 1. The normalized spacial score (nSPS) is 14.7. The summed E-state index contributed by atoms with van der Waals surface area (Å²) in [6.07, 6.45) is 1.33. The second-order valence-corrected chi connectivity index (χ2v) is 7.05. The molecule has 6 heteroatoms. The third-order valence-corrected chi connectivity index (χ3v) is 5.11. The van der Waals surface area contributed by atoms with Crippen molar-refractivity contribution in [2.45, 2.75) is 19.8 Å². The number of hydrogen-bond acceptors (Lipinski definition) is 4. The number of oxazole rings is 1. The third-order valence-electron chi connectivity index (χ3n) is 5.11. The van der Waals surface area contributed by atoms with Gasteiger partial charge in [-0.1, -0.05) is 29.8 Å². The number of nitrogens with one attached hydrogen (secondary N) is 1. The fraction of sp³-hybridized carbons (Fsp3) is 0.333. The lowest BCUT2D eigenvalue weighted by Crippen LogP contribution is -2.48. The highest BCUT2D eigenvalue weighted by molar-refractivity contribution is 5.78. The molecule has 1 aliphatic rings. The van der Waals surface area contributed by atoms with E-state index in [2.05, 4.69) is 35.0 Å². The number of nitrogens with zero attached hydrogens (tertiary/aromatic N) is 2. The van der Waals surface area contributed by atoms with Crippen LogP contribution in [-0.4, -0.2) is 42.0 Å². The van der Waals surface area contributed by atoms with Gasteiger partial charge in [0.05, 0.1) is 5.52 Å². The van der Waals surface area contributed by atoms with E-state index in [1.54, 1.807) is 0 Å². The fourth-order valence-corrected chi connectivity index (χ4v) is 3.63. The van der Waals surface area contributed by atoms with E-state index in [9.17, 15) is 9.59 Å². The van der Waals surface area contributed by atoms with E-state index >= 15 is 0 Å². The van der Waals surface area contributed by atoms with Gasteiger partial charge in [0.1, 0.15) is 0 Å². The van der Waals surface area contributed by atoms with Crippen molar-refractivity contribution in [2.24, 2.45) is 0 Å². The Kier molecular flexibility index (Phi) is 4.71. The number of carbonyl (C=O) groups excluding carboxylic acids is 1. The van der Waals surface area contributed by atoms with Crippen LogP contribution in [0.5, 0.6) is 0 Å². The number of H-pyrrole nitrogens is 1. The Bertz CT molecular complexity index is 1010. The molecule has 1 aliphatic heterocycles. The van der Waals surface area contributed by atoms with E-state index < -0.39 is 5.76 Å². The summed E-state index contributed by atoms with van der Waals surface area (Å²) >= 11 is 0. The highest BCUT2D eigenvalue weighted by atomic mass is 16.4. The molecule has 0 bridgehead atoms. The van der Waals surface area contributed by atoms with Gasteiger partial charge >= 0.3 is 5.76 Å². The number of piperazine rings is 1. The van der Waals surface area contributed by atoms with Crippen LogP contribution in [0.1, 0.15) is 17.5 Å². The number of fused-ring (bicyclic) bond motifs is 1. The summed E-state index contributed by atoms with van der Waals surface area (Å²) in [5, 5.41) is 0. The minimum atomic E-state index is -0.439. The number of carbonyl (C=O) groups is 1. The summed E-state index contributed by atoms with van der Waals surface area (Å²) in [5.41, 5.74) is 4.74. The molecule has 0 unspecified atom stereocenters. The standard InChI is InChI=1S/C21H23N3O3/c1-15-3-2-4-16(13-15)5-8-20(25)24-11-9-23(10-12-24)17-6-7-19-18(14-17)22-21(26)27-19/h2-4,6-7,13-14H,5,8-12H2,1H3,(H,22,26). The van der Waals surface area contributed by atoms with Crippen LogP contribution in [0, 0.1) is 6.92 Å². The van der Waals surface area contributed by atoms with Gasteiger partial charge in [-0.25, -0.2) is 4.79 Å². The summed E-state index contributed by atoms with van der Waals surface area (Å²) in [7, 11) is 0. The Labute approximate surface area is 157 Å². The first kappa shape index (κ1) is 17.4. The van der Waals surface area contributed by atoms with Crippen LogP contribution < -0.4 is 10.7 Å². The minimum Gasteiger partial charge on any atom is -0.408 e. The maximum atomic E-state index is 12.5. The van der Waals surface area contributed by atoms with Gasteiger partial charge in [-0.15, -0.1) is 0 Å². The molecule has 0 spiro atoms. The van der Waals surface area contributed by atoms with E-state index in [1.165, 1.54) is 11.1 Å². The Morgan fingerprint density at radius 2 is 1.93 bits per heavy atom. The lowest BCUT2D eigenvalue weighted by molar-refractivity contribution is -0.131. The van der Waals surface area contributed by atoms with Gasteiger partial charge in [0, 0.05) is 38.3 Å². The number of benzene rings is 2. The third kappa shape index (κ3) is 3.89. The summed E-state index contributed by atoms with van der Waals surface area (Å²) in [5.74, 6) is -0.225. The molecule has 0 saturated carbocycles. The molecule has 1 amide bonds. The molecular weight excluding hydrogens is 342 g/mol. The van der Waals surface area contributed by atoms with Gasteiger partial charge in [-0.05, 0) is 37.1 Å². The SMILES string of the molecule is Cc1cccc(CCC(=O)N2CCN(c3ccc4oc(=O)[nH]c4c3)CC2)c1. The topological polar surface area (TPSA) is 69.6 Å². The van der Waals surface area contributed by atoms with Crippen molar-refractivity contribution in [3.63, 3.8) is 0 Å². The van der Waals surface area contributed by atoms with Crippen molar-refractivity contribution in [2.75, 3.05) is 31.1 Å². The lowest BCUT2D eigenvalue weighted by Gasteiger charge is -2.36. The van der Waals surface area contributed by atoms with Gasteiger partial charge in [0.15, 0.2) is 5.58 Å². The molecule has 0 atom stereocenters. The number of rotatable bonds is 4. The Morgan fingerprint density at radius 1 is 1.11 bits per heavy atom. The van der Waals surface area contributed by atoms with E-state index in [-0.39, 0.29) is 5.91 Å². The molecule has 1 fully saturated rings. The Balaban J connectivity index is 1.33. The Hall–Kier alpha value is -3.02. The molecule has 2 aromatic carbocycles. The largest absolute Gasteiger partial charge is 0.417 e. The lowest BCUT2D eigenvalue weighted by atomic mass is 10.1. The van der Waals surface area contributed by atoms with E-state index in [0.717, 1.165) is 25.2 Å². The quantitative estimate of drug-likeness (QED) is 0.772. The summed E-state index contributed by atoms with van der Waals surface area (Å²) in [6, 6.07) is 14.0. The molecule has 6 nitrogen and oxygen atoms in total. The second-order valence-electron chi connectivity index (χ2n) is 7.05. The van der Waals surface area contributed by atoms with E-state index in [4.69, 9.17) is 4.42 Å². The van der Waals surface area contributed by atoms with Gasteiger partial charge in [-0.3, -0.25) is 9.78 Å². The first-order valence-electron chi connectivity index (χ1n) is 9.30. The summed E-state index contributed by atoms with van der Waals surface area (Å²) in [6.45, 7) is 5.06. The van der Waals surface area contributed by atoms with Crippen molar-refractivity contribution < 1.29 is 9.21 Å². The van der Waals surface area contributed by atoms with Gasteiger partial charge < -0.3 is 14.2 Å². The van der Waals surface area contributed by atoms with Crippen LogP contribution in [0.15, 0.2) is 51.7 Å². The van der Waals surface area contributed by atoms with Crippen LogP contribution in [0.2, 0.25) is 0 Å². The molecule has 3 aromatic rings. The maximum Gasteiger partial charge on any atom is 0.417 e. The number of amides is 1. The van der Waals surface area contributed by atoms with Crippen molar-refractivity contribution in [3.8, 4) is 0 Å². The monoisotopic (exact) mass is 365 g/mol. The van der Waals surface area contributed by atoms with Crippen LogP contribution in [0.25, 0.3) is 11.1 Å². The number of hydrogen-bond donors (Lipinski definition) is 1.